The first-order chi connectivity index (χ1) is 9.60. The summed E-state index contributed by atoms with van der Waals surface area (Å²) in [5, 5.41) is 6.42. The zero-order valence-electron chi connectivity index (χ0n) is 11.8. The zero-order chi connectivity index (χ0) is 14.5. The maximum atomic E-state index is 12.2. The Kier molecular flexibility index (Phi) is 4.40. The Morgan fingerprint density at radius 1 is 1.40 bits per heavy atom. The summed E-state index contributed by atoms with van der Waals surface area (Å²) in [5.74, 6) is 1.53. The molecule has 0 aliphatic carbocycles. The van der Waals surface area contributed by atoms with E-state index in [4.69, 9.17) is 9.26 Å². The monoisotopic (exact) mass is 274 g/mol. The van der Waals surface area contributed by atoms with E-state index >= 15 is 0 Å². The highest BCUT2D eigenvalue weighted by Gasteiger charge is 2.20. The van der Waals surface area contributed by atoms with Crippen LogP contribution >= 0.6 is 0 Å². The second kappa shape index (κ2) is 6.23. The number of ether oxygens (including phenoxy) is 1. The van der Waals surface area contributed by atoms with Gasteiger partial charge in [0.25, 0.3) is 5.91 Å². The number of para-hydroxylation sites is 1. The fourth-order valence-corrected chi connectivity index (χ4v) is 1.80. The summed E-state index contributed by atoms with van der Waals surface area (Å²) >= 11 is 0. The molecule has 1 atom stereocenters. The largest absolute Gasteiger partial charge is 0.480 e. The number of hydrogen-bond acceptors (Lipinski definition) is 4. The van der Waals surface area contributed by atoms with Crippen molar-refractivity contribution in [2.24, 2.45) is 0 Å². The third kappa shape index (κ3) is 3.38. The molecule has 5 nitrogen and oxygen atoms in total. The highest BCUT2D eigenvalue weighted by molar-refractivity contribution is 5.93. The van der Waals surface area contributed by atoms with E-state index in [0.717, 1.165) is 5.56 Å². The fourth-order valence-electron chi connectivity index (χ4n) is 1.80. The van der Waals surface area contributed by atoms with E-state index in [2.05, 4.69) is 10.5 Å². The number of rotatable bonds is 5. The molecule has 20 heavy (non-hydrogen) atoms. The minimum atomic E-state index is -0.562. The summed E-state index contributed by atoms with van der Waals surface area (Å²) < 4.78 is 10.7. The van der Waals surface area contributed by atoms with Crippen molar-refractivity contribution in [1.82, 2.24) is 5.16 Å². The fraction of sp³-hybridized carbons (Fsp3) is 0.333. The van der Waals surface area contributed by atoms with Gasteiger partial charge in [0.05, 0.1) is 0 Å². The normalized spacial score (nSPS) is 11.9. The van der Waals surface area contributed by atoms with Crippen LogP contribution in [0.2, 0.25) is 0 Å². The lowest BCUT2D eigenvalue weighted by molar-refractivity contribution is -0.122. The number of amides is 1. The number of nitrogens with zero attached hydrogens (tertiary/aromatic N) is 1. The SMILES string of the molecule is CC[C@@H](Oc1ccccc1C)C(=O)Nc1cc(C)on1. The second-order valence-electron chi connectivity index (χ2n) is 4.59. The lowest BCUT2D eigenvalue weighted by Gasteiger charge is -2.17. The summed E-state index contributed by atoms with van der Waals surface area (Å²) in [6.45, 7) is 5.61. The van der Waals surface area contributed by atoms with Gasteiger partial charge in [0.15, 0.2) is 11.9 Å². The Morgan fingerprint density at radius 3 is 2.75 bits per heavy atom. The summed E-state index contributed by atoms with van der Waals surface area (Å²) in [6, 6.07) is 9.28. The second-order valence-corrected chi connectivity index (χ2v) is 4.59. The molecule has 1 N–H and O–H groups in total. The molecule has 0 unspecified atom stereocenters. The van der Waals surface area contributed by atoms with Crippen LogP contribution in [-0.2, 0) is 4.79 Å². The van der Waals surface area contributed by atoms with Gasteiger partial charge in [-0.15, -0.1) is 0 Å². The Balaban J connectivity index is 2.04. The summed E-state index contributed by atoms with van der Waals surface area (Å²) in [5.41, 5.74) is 0.996. The number of anilines is 1. The van der Waals surface area contributed by atoms with Crippen molar-refractivity contribution in [3.8, 4) is 5.75 Å². The maximum absolute atomic E-state index is 12.2. The Bertz CT molecular complexity index is 592. The van der Waals surface area contributed by atoms with Crippen molar-refractivity contribution >= 4 is 11.7 Å². The van der Waals surface area contributed by atoms with Gasteiger partial charge in [0.1, 0.15) is 11.5 Å². The molecule has 0 aliphatic heterocycles. The molecule has 1 aromatic heterocycles. The Morgan fingerprint density at radius 2 is 2.15 bits per heavy atom. The van der Waals surface area contributed by atoms with Crippen LogP contribution < -0.4 is 10.1 Å². The molecular weight excluding hydrogens is 256 g/mol. The van der Waals surface area contributed by atoms with E-state index in [9.17, 15) is 4.79 Å². The molecule has 0 aliphatic rings. The lowest BCUT2D eigenvalue weighted by Crippen LogP contribution is -2.32. The molecule has 1 heterocycles. The first-order valence-corrected chi connectivity index (χ1v) is 6.56. The van der Waals surface area contributed by atoms with Gasteiger partial charge in [-0.05, 0) is 31.9 Å². The molecule has 0 spiro atoms. The van der Waals surface area contributed by atoms with E-state index in [1.807, 2.05) is 38.1 Å². The predicted molar refractivity (Wildman–Crippen MR) is 75.8 cm³/mol. The summed E-state index contributed by atoms with van der Waals surface area (Å²) in [7, 11) is 0. The molecule has 1 amide bonds. The molecule has 0 saturated heterocycles. The average Bonchev–Trinajstić information content (AvgIpc) is 2.83. The number of aromatic nitrogens is 1. The molecule has 0 saturated carbocycles. The van der Waals surface area contributed by atoms with Gasteiger partial charge in [-0.25, -0.2) is 0 Å². The molecule has 0 fully saturated rings. The molecular formula is C15H18N2O3. The van der Waals surface area contributed by atoms with Gasteiger partial charge in [0.2, 0.25) is 0 Å². The zero-order valence-corrected chi connectivity index (χ0v) is 11.8. The minimum absolute atomic E-state index is 0.232. The van der Waals surface area contributed by atoms with Crippen LogP contribution in [0.4, 0.5) is 5.82 Å². The van der Waals surface area contributed by atoms with Gasteiger partial charge in [0, 0.05) is 6.07 Å². The molecule has 5 heteroatoms. The first kappa shape index (κ1) is 14.1. The van der Waals surface area contributed by atoms with Crippen molar-refractivity contribution < 1.29 is 14.1 Å². The number of hydrogen-bond donors (Lipinski definition) is 1. The van der Waals surface area contributed by atoms with E-state index in [0.29, 0.717) is 23.7 Å². The minimum Gasteiger partial charge on any atom is -0.480 e. The lowest BCUT2D eigenvalue weighted by atomic mass is 10.2. The quantitative estimate of drug-likeness (QED) is 0.910. The van der Waals surface area contributed by atoms with Crippen LogP contribution in [0.1, 0.15) is 24.7 Å². The Hall–Kier alpha value is -2.30. The van der Waals surface area contributed by atoms with Gasteiger partial charge in [-0.3, -0.25) is 4.79 Å². The molecule has 106 valence electrons. The van der Waals surface area contributed by atoms with Crippen molar-refractivity contribution in [2.75, 3.05) is 5.32 Å². The average molecular weight is 274 g/mol. The van der Waals surface area contributed by atoms with Crippen molar-refractivity contribution in [3.05, 3.63) is 41.7 Å². The summed E-state index contributed by atoms with van der Waals surface area (Å²) in [6.07, 6.45) is 0.00453. The highest BCUT2D eigenvalue weighted by atomic mass is 16.5. The topological polar surface area (TPSA) is 64.4 Å². The maximum Gasteiger partial charge on any atom is 0.266 e. The van der Waals surface area contributed by atoms with Crippen LogP contribution in [0.25, 0.3) is 0 Å². The van der Waals surface area contributed by atoms with Crippen LogP contribution in [0.15, 0.2) is 34.9 Å². The van der Waals surface area contributed by atoms with Crippen LogP contribution in [0, 0.1) is 13.8 Å². The smallest absolute Gasteiger partial charge is 0.266 e. The van der Waals surface area contributed by atoms with E-state index in [1.54, 1.807) is 13.0 Å². The number of nitrogens with one attached hydrogen (secondary N) is 1. The van der Waals surface area contributed by atoms with E-state index in [-0.39, 0.29) is 5.91 Å². The van der Waals surface area contributed by atoms with Crippen LogP contribution in [0.5, 0.6) is 5.75 Å². The molecule has 2 aromatic rings. The Labute approximate surface area is 117 Å². The number of aryl methyl sites for hydroxylation is 2. The molecule has 0 bridgehead atoms. The number of carbonyl (C=O) groups is 1. The van der Waals surface area contributed by atoms with Gasteiger partial charge >= 0.3 is 0 Å². The standard InChI is InChI=1S/C15H18N2O3/c1-4-12(19-13-8-6-5-7-10(13)2)15(18)16-14-9-11(3)20-17-14/h5-9,12H,4H2,1-3H3,(H,16,17,18)/t12-/m1/s1. The van der Waals surface area contributed by atoms with E-state index < -0.39 is 6.10 Å². The molecule has 2 rings (SSSR count). The third-order valence-electron chi connectivity index (χ3n) is 2.91. The van der Waals surface area contributed by atoms with Gasteiger partial charge in [-0.2, -0.15) is 0 Å². The number of benzene rings is 1. The van der Waals surface area contributed by atoms with Crippen molar-refractivity contribution in [2.45, 2.75) is 33.3 Å². The van der Waals surface area contributed by atoms with E-state index in [1.165, 1.54) is 0 Å². The van der Waals surface area contributed by atoms with Crippen LogP contribution in [-0.4, -0.2) is 17.2 Å². The third-order valence-corrected chi connectivity index (χ3v) is 2.91. The van der Waals surface area contributed by atoms with Crippen LogP contribution in [0.3, 0.4) is 0 Å². The highest BCUT2D eigenvalue weighted by Crippen LogP contribution is 2.19. The molecule has 1 aromatic carbocycles. The van der Waals surface area contributed by atoms with Crippen molar-refractivity contribution in [1.29, 1.82) is 0 Å². The summed E-state index contributed by atoms with van der Waals surface area (Å²) in [4.78, 5) is 12.2. The number of carbonyl (C=O) groups excluding carboxylic acids is 1. The first-order valence-electron chi connectivity index (χ1n) is 6.56. The van der Waals surface area contributed by atoms with Crippen molar-refractivity contribution in [3.63, 3.8) is 0 Å². The molecule has 0 radical (unpaired) electrons. The van der Waals surface area contributed by atoms with Gasteiger partial charge < -0.3 is 14.6 Å². The predicted octanol–water partition coefficient (Wildman–Crippen LogP) is 3.09. The van der Waals surface area contributed by atoms with Gasteiger partial charge in [-0.1, -0.05) is 30.3 Å².